The fourth-order valence-electron chi connectivity index (χ4n) is 6.57. The van der Waals surface area contributed by atoms with Gasteiger partial charge in [0.2, 0.25) is 0 Å². The van der Waals surface area contributed by atoms with E-state index in [-0.39, 0.29) is 57.4 Å². The van der Waals surface area contributed by atoms with Crippen LogP contribution in [0.3, 0.4) is 0 Å². The predicted molar refractivity (Wildman–Crippen MR) is 142 cm³/mol. The second-order valence-electron chi connectivity index (χ2n) is 11.3. The van der Waals surface area contributed by atoms with E-state index in [1.165, 1.54) is 18.2 Å². The van der Waals surface area contributed by atoms with E-state index >= 15 is 0 Å². The molecule has 10 heteroatoms. The first kappa shape index (κ1) is 26.1. The number of carbonyl (C=O) groups is 3. The van der Waals surface area contributed by atoms with Crippen LogP contribution in [0.15, 0.2) is 30.3 Å². The van der Waals surface area contributed by atoms with Crippen LogP contribution in [0, 0.1) is 6.92 Å². The maximum atomic E-state index is 13.8. The normalized spacial score (nSPS) is 30.9. The van der Waals surface area contributed by atoms with Crippen LogP contribution < -0.4 is 0 Å². The highest BCUT2D eigenvalue weighted by Crippen LogP contribution is 2.47. The molecule has 3 N–H and O–H groups in total. The molecule has 7 unspecified atom stereocenters. The molecule has 3 heterocycles. The lowest BCUT2D eigenvalue weighted by molar-refractivity contribution is -0.346. The number of phenolic OH excluding ortho intramolecular Hbond substituents is 3. The Hall–Kier alpha value is -3.83. The highest BCUT2D eigenvalue weighted by atomic mass is 16.7. The zero-order chi connectivity index (χ0) is 28.9. The number of fused-ring (bicyclic) bond motifs is 5. The van der Waals surface area contributed by atoms with Crippen LogP contribution in [-0.2, 0) is 23.7 Å². The van der Waals surface area contributed by atoms with Crippen LogP contribution >= 0.6 is 0 Å². The number of ether oxygens (including phenoxy) is 4. The van der Waals surface area contributed by atoms with Crippen molar-refractivity contribution in [1.82, 2.24) is 0 Å². The Morgan fingerprint density at radius 2 is 1.51 bits per heavy atom. The summed E-state index contributed by atoms with van der Waals surface area (Å²) in [5.74, 6) is -2.24. The number of aromatic hydroxyl groups is 3. The molecule has 0 bridgehead atoms. The molecule has 0 saturated carbocycles. The van der Waals surface area contributed by atoms with Gasteiger partial charge in [0.15, 0.2) is 23.6 Å². The molecule has 0 spiro atoms. The van der Waals surface area contributed by atoms with E-state index in [1.807, 2.05) is 6.92 Å². The zero-order valence-electron chi connectivity index (χ0n) is 22.5. The summed E-state index contributed by atoms with van der Waals surface area (Å²) in [6.45, 7) is 5.22. The Kier molecular flexibility index (Phi) is 5.78. The number of aryl methyl sites for hydroxylation is 1. The van der Waals surface area contributed by atoms with Crippen molar-refractivity contribution in [2.75, 3.05) is 0 Å². The van der Waals surface area contributed by atoms with Crippen molar-refractivity contribution in [2.24, 2.45) is 0 Å². The van der Waals surface area contributed by atoms with Gasteiger partial charge >= 0.3 is 0 Å². The molecule has 7 atom stereocenters. The summed E-state index contributed by atoms with van der Waals surface area (Å²) in [4.78, 5) is 39.4. The first-order valence-corrected chi connectivity index (χ1v) is 13.6. The number of rotatable bonds is 1. The first-order chi connectivity index (χ1) is 19.5. The summed E-state index contributed by atoms with van der Waals surface area (Å²) in [7, 11) is 0. The van der Waals surface area contributed by atoms with E-state index in [1.54, 1.807) is 26.0 Å². The molecule has 3 saturated heterocycles. The van der Waals surface area contributed by atoms with Crippen LogP contribution in [0.5, 0.6) is 17.2 Å². The van der Waals surface area contributed by atoms with E-state index in [0.717, 1.165) is 0 Å². The maximum Gasteiger partial charge on any atom is 0.198 e. The van der Waals surface area contributed by atoms with Gasteiger partial charge in [-0.1, -0.05) is 6.07 Å². The molecule has 212 valence electrons. The lowest BCUT2D eigenvalue weighted by Crippen LogP contribution is -2.60. The van der Waals surface area contributed by atoms with Crippen molar-refractivity contribution in [1.29, 1.82) is 0 Å². The van der Waals surface area contributed by atoms with Gasteiger partial charge in [0.25, 0.3) is 0 Å². The van der Waals surface area contributed by atoms with Crippen molar-refractivity contribution in [3.05, 3.63) is 63.7 Å². The van der Waals surface area contributed by atoms with Crippen molar-refractivity contribution >= 4 is 28.1 Å². The average molecular weight is 561 g/mol. The van der Waals surface area contributed by atoms with Crippen molar-refractivity contribution in [3.63, 3.8) is 0 Å². The van der Waals surface area contributed by atoms with Crippen LogP contribution in [-0.4, -0.2) is 69.5 Å². The van der Waals surface area contributed by atoms with Crippen LogP contribution in [0.2, 0.25) is 0 Å². The molecule has 41 heavy (non-hydrogen) atoms. The number of hydrogen-bond donors (Lipinski definition) is 3. The molecule has 3 aromatic rings. The second kappa shape index (κ2) is 9.09. The summed E-state index contributed by atoms with van der Waals surface area (Å²) in [6, 6.07) is 7.50. The van der Waals surface area contributed by atoms with E-state index in [4.69, 9.17) is 18.9 Å². The number of ketones is 3. The predicted octanol–water partition coefficient (Wildman–Crippen LogP) is 3.75. The van der Waals surface area contributed by atoms with Gasteiger partial charge in [-0.25, -0.2) is 0 Å². The largest absolute Gasteiger partial charge is 0.507 e. The molecular formula is C31H28O10. The van der Waals surface area contributed by atoms with Crippen molar-refractivity contribution in [3.8, 4) is 17.2 Å². The third-order valence-electron chi connectivity index (χ3n) is 8.64. The Morgan fingerprint density at radius 1 is 0.780 bits per heavy atom. The minimum absolute atomic E-state index is 0.0358. The number of Topliss-reactive ketones (excluding diaryl/α,β-unsaturated/α-hetero) is 1. The van der Waals surface area contributed by atoms with Gasteiger partial charge in [-0.05, 0) is 50.6 Å². The van der Waals surface area contributed by atoms with Crippen molar-refractivity contribution in [2.45, 2.75) is 76.5 Å². The average Bonchev–Trinajstić information content (AvgIpc) is 2.92. The minimum Gasteiger partial charge on any atom is -0.507 e. The van der Waals surface area contributed by atoms with Crippen LogP contribution in [0.1, 0.15) is 75.8 Å². The first-order valence-electron chi connectivity index (χ1n) is 13.6. The summed E-state index contributed by atoms with van der Waals surface area (Å²) in [5, 5.41) is 33.4. The molecule has 7 rings (SSSR count). The Balaban J connectivity index is 1.24. The number of phenols is 3. The molecule has 0 radical (unpaired) electrons. The fraction of sp³-hybridized carbons (Fsp3) is 0.387. The van der Waals surface area contributed by atoms with Crippen molar-refractivity contribution < 1.29 is 48.7 Å². The van der Waals surface area contributed by atoms with E-state index in [0.29, 0.717) is 11.1 Å². The quantitative estimate of drug-likeness (QED) is 0.314. The lowest BCUT2D eigenvalue weighted by atomic mass is 9.79. The number of benzene rings is 3. The zero-order valence-corrected chi connectivity index (χ0v) is 22.5. The monoisotopic (exact) mass is 560 g/mol. The summed E-state index contributed by atoms with van der Waals surface area (Å²) in [5.41, 5.74) is 0.484. The molecule has 3 aliphatic heterocycles. The molecule has 0 amide bonds. The van der Waals surface area contributed by atoms with E-state index in [9.17, 15) is 29.7 Å². The fourth-order valence-corrected chi connectivity index (χ4v) is 6.57. The Bertz CT molecular complexity index is 1680. The standard InChI is InChI=1S/C31H28O10/c1-11-6-17-16(20(33)7-11)8-18-25(28(17)36)27(35)15-5-4-14(26(34)24(15)29(18)37)21-10-22-30(13(3)38-21)40-23-9-19(32)12(2)39-31(23)41-22/h4-8,12-13,21-23,30-31,33-34,36H,9-10H2,1-3H3. The summed E-state index contributed by atoms with van der Waals surface area (Å²) < 4.78 is 24.3. The summed E-state index contributed by atoms with van der Waals surface area (Å²) >= 11 is 0. The Morgan fingerprint density at radius 3 is 2.29 bits per heavy atom. The topological polar surface area (TPSA) is 149 Å². The molecule has 4 aliphatic rings. The molecule has 1 aliphatic carbocycles. The minimum atomic E-state index is -0.703. The van der Waals surface area contributed by atoms with E-state index in [2.05, 4.69) is 0 Å². The van der Waals surface area contributed by atoms with Crippen LogP contribution in [0.25, 0.3) is 10.8 Å². The highest BCUT2D eigenvalue weighted by Gasteiger charge is 2.50. The highest BCUT2D eigenvalue weighted by molar-refractivity contribution is 6.32. The van der Waals surface area contributed by atoms with Gasteiger partial charge in [0.05, 0.1) is 29.4 Å². The molecular weight excluding hydrogens is 532 g/mol. The van der Waals surface area contributed by atoms with Gasteiger partial charge in [-0.15, -0.1) is 0 Å². The third kappa shape index (κ3) is 3.82. The van der Waals surface area contributed by atoms with Gasteiger partial charge in [0.1, 0.15) is 35.6 Å². The molecule has 0 aromatic heterocycles. The van der Waals surface area contributed by atoms with Crippen LogP contribution in [0.4, 0.5) is 0 Å². The number of carbonyl (C=O) groups excluding carboxylic acids is 3. The molecule has 3 fully saturated rings. The number of hydrogen-bond acceptors (Lipinski definition) is 10. The lowest BCUT2D eigenvalue weighted by Gasteiger charge is -2.49. The van der Waals surface area contributed by atoms with Gasteiger partial charge in [0, 0.05) is 40.3 Å². The van der Waals surface area contributed by atoms with Gasteiger partial charge < -0.3 is 34.3 Å². The van der Waals surface area contributed by atoms with Gasteiger partial charge in [-0.2, -0.15) is 0 Å². The smallest absolute Gasteiger partial charge is 0.198 e. The second-order valence-corrected chi connectivity index (χ2v) is 11.3. The third-order valence-corrected chi connectivity index (χ3v) is 8.64. The van der Waals surface area contributed by atoms with E-state index < -0.39 is 66.0 Å². The van der Waals surface area contributed by atoms with Gasteiger partial charge in [-0.3, -0.25) is 14.4 Å². The summed E-state index contributed by atoms with van der Waals surface area (Å²) in [6.07, 6.45) is -3.45. The Labute approximate surface area is 234 Å². The SMILES string of the molecule is Cc1cc(O)c2cc3c(c(O)c2c1)C(=O)c1ccc(C2CC4OC5OC(C)C(=O)CC5OC4C(C)O2)c(O)c1C3=O. The molecule has 10 nitrogen and oxygen atoms in total. The molecule has 3 aromatic carbocycles. The maximum absolute atomic E-state index is 13.8.